The molecule has 2 rings (SSSR count). The maximum Gasteiger partial charge on any atom is 0.417 e. The van der Waals surface area contributed by atoms with Crippen molar-refractivity contribution in [1.29, 1.82) is 0 Å². The Hall–Kier alpha value is -2.25. The van der Waals surface area contributed by atoms with E-state index < -0.39 is 23.4 Å². The van der Waals surface area contributed by atoms with Crippen LogP contribution in [0, 0.1) is 0 Å². The molecule has 0 fully saturated rings. The van der Waals surface area contributed by atoms with E-state index in [1.54, 1.807) is 20.8 Å². The summed E-state index contributed by atoms with van der Waals surface area (Å²) in [7, 11) is 0. The minimum Gasteiger partial charge on any atom is -0.444 e. The van der Waals surface area contributed by atoms with E-state index >= 15 is 0 Å². The third kappa shape index (κ3) is 3.65. The molecule has 2 heterocycles. The molecule has 0 radical (unpaired) electrons. The Morgan fingerprint density at radius 2 is 2.00 bits per heavy atom. The predicted molar refractivity (Wildman–Crippen MR) is 70.1 cm³/mol. The van der Waals surface area contributed by atoms with Crippen LogP contribution in [0.25, 0.3) is 5.52 Å². The average molecular weight is 301 g/mol. The molecule has 0 saturated heterocycles. The fraction of sp³-hybridized carbons (Fsp3) is 0.385. The molecule has 0 saturated carbocycles. The van der Waals surface area contributed by atoms with Crippen molar-refractivity contribution < 1.29 is 22.7 Å². The Morgan fingerprint density at radius 3 is 2.57 bits per heavy atom. The van der Waals surface area contributed by atoms with E-state index in [1.165, 1.54) is 16.9 Å². The lowest BCUT2D eigenvalue weighted by Gasteiger charge is -2.20. The quantitative estimate of drug-likeness (QED) is 0.873. The number of ether oxygens (including phenoxy) is 1. The van der Waals surface area contributed by atoms with Crippen LogP contribution in [-0.4, -0.2) is 21.1 Å². The van der Waals surface area contributed by atoms with Gasteiger partial charge in [-0.2, -0.15) is 13.2 Å². The summed E-state index contributed by atoms with van der Waals surface area (Å²) in [5.74, 6) is 0. The van der Waals surface area contributed by atoms with Crippen LogP contribution in [0.5, 0.6) is 0 Å². The van der Waals surface area contributed by atoms with Crippen molar-refractivity contribution in [3.05, 3.63) is 30.4 Å². The van der Waals surface area contributed by atoms with Crippen molar-refractivity contribution in [3.63, 3.8) is 0 Å². The molecule has 1 N–H and O–H groups in total. The molecule has 0 atom stereocenters. The third-order valence-corrected chi connectivity index (χ3v) is 2.48. The van der Waals surface area contributed by atoms with Gasteiger partial charge < -0.3 is 9.14 Å². The van der Waals surface area contributed by atoms with Gasteiger partial charge in [0.15, 0.2) is 0 Å². The van der Waals surface area contributed by atoms with Gasteiger partial charge in [-0.25, -0.2) is 9.78 Å². The van der Waals surface area contributed by atoms with E-state index in [1.807, 2.05) is 0 Å². The van der Waals surface area contributed by atoms with Crippen LogP contribution in [0.3, 0.4) is 0 Å². The van der Waals surface area contributed by atoms with E-state index in [0.29, 0.717) is 5.52 Å². The highest BCUT2D eigenvalue weighted by molar-refractivity contribution is 5.90. The standard InChI is InChI=1S/C13H14F3N3O2/c1-12(2,3)21-11(20)18-9-4-8(13(14,15)16)6-19-7-17-5-10(9)19/h4-7H,1-3H3,(H,18,20). The zero-order valence-corrected chi connectivity index (χ0v) is 11.7. The summed E-state index contributed by atoms with van der Waals surface area (Å²) in [4.78, 5) is 15.5. The molecule has 2 aromatic rings. The summed E-state index contributed by atoms with van der Waals surface area (Å²) in [6, 6.07) is 0.848. The number of hydrogen-bond donors (Lipinski definition) is 1. The summed E-state index contributed by atoms with van der Waals surface area (Å²) in [6.07, 6.45) is -1.87. The summed E-state index contributed by atoms with van der Waals surface area (Å²) < 4.78 is 44.7. The largest absolute Gasteiger partial charge is 0.444 e. The Labute approximate surface area is 118 Å². The summed E-state index contributed by atoms with van der Waals surface area (Å²) in [5, 5.41) is 2.32. The lowest BCUT2D eigenvalue weighted by Crippen LogP contribution is -2.27. The minimum atomic E-state index is -4.52. The predicted octanol–water partition coefficient (Wildman–Crippen LogP) is 3.70. The van der Waals surface area contributed by atoms with Gasteiger partial charge in [-0.1, -0.05) is 0 Å². The number of anilines is 1. The molecule has 0 aliphatic rings. The SMILES string of the molecule is CC(C)(C)OC(=O)Nc1cc(C(F)(F)F)cn2cncc12. The second-order valence-corrected chi connectivity index (χ2v) is 5.45. The fourth-order valence-corrected chi connectivity index (χ4v) is 1.70. The molecule has 0 bridgehead atoms. The molecule has 0 aliphatic carbocycles. The van der Waals surface area contributed by atoms with Gasteiger partial charge in [0.1, 0.15) is 5.60 Å². The molecule has 0 unspecified atom stereocenters. The number of aromatic nitrogens is 2. The number of imidazole rings is 1. The molecular weight excluding hydrogens is 287 g/mol. The number of fused-ring (bicyclic) bond motifs is 1. The van der Waals surface area contributed by atoms with Gasteiger partial charge in [0.25, 0.3) is 0 Å². The van der Waals surface area contributed by atoms with E-state index in [2.05, 4.69) is 10.3 Å². The van der Waals surface area contributed by atoms with E-state index in [4.69, 9.17) is 4.74 Å². The number of hydrogen-bond acceptors (Lipinski definition) is 3. The van der Waals surface area contributed by atoms with Gasteiger partial charge in [0.05, 0.1) is 29.3 Å². The second kappa shape index (κ2) is 4.94. The number of nitrogens with zero attached hydrogens (tertiary/aromatic N) is 2. The van der Waals surface area contributed by atoms with E-state index in [-0.39, 0.29) is 5.69 Å². The maximum absolute atomic E-state index is 12.8. The van der Waals surface area contributed by atoms with Crippen molar-refractivity contribution in [3.8, 4) is 0 Å². The van der Waals surface area contributed by atoms with Crippen LogP contribution in [-0.2, 0) is 10.9 Å². The number of carbonyl (C=O) groups excluding carboxylic acids is 1. The van der Waals surface area contributed by atoms with Gasteiger partial charge in [0, 0.05) is 6.20 Å². The van der Waals surface area contributed by atoms with Crippen LogP contribution in [0.2, 0.25) is 0 Å². The Balaban J connectivity index is 2.38. The Morgan fingerprint density at radius 1 is 1.33 bits per heavy atom. The Kier molecular flexibility index (Phi) is 3.56. The second-order valence-electron chi connectivity index (χ2n) is 5.45. The number of amides is 1. The highest BCUT2D eigenvalue weighted by Crippen LogP contribution is 2.32. The molecule has 2 aromatic heterocycles. The molecule has 114 valence electrons. The number of rotatable bonds is 1. The van der Waals surface area contributed by atoms with E-state index in [9.17, 15) is 18.0 Å². The first kappa shape index (κ1) is 15.1. The normalized spacial score (nSPS) is 12.5. The van der Waals surface area contributed by atoms with Crippen LogP contribution in [0.1, 0.15) is 26.3 Å². The van der Waals surface area contributed by atoms with Gasteiger partial charge in [-0.3, -0.25) is 5.32 Å². The summed E-state index contributed by atoms with van der Waals surface area (Å²) in [6.45, 7) is 4.98. The van der Waals surface area contributed by atoms with Crippen LogP contribution >= 0.6 is 0 Å². The molecule has 21 heavy (non-hydrogen) atoms. The molecular formula is C13H14F3N3O2. The van der Waals surface area contributed by atoms with Crippen molar-refractivity contribution in [2.75, 3.05) is 5.32 Å². The first-order valence-corrected chi connectivity index (χ1v) is 6.09. The van der Waals surface area contributed by atoms with Crippen LogP contribution < -0.4 is 5.32 Å². The first-order chi connectivity index (χ1) is 9.56. The van der Waals surface area contributed by atoms with Crippen LogP contribution in [0.4, 0.5) is 23.7 Å². The molecule has 0 aromatic carbocycles. The first-order valence-electron chi connectivity index (χ1n) is 6.09. The van der Waals surface area contributed by atoms with Crippen molar-refractivity contribution in [2.45, 2.75) is 32.5 Å². The molecule has 0 aliphatic heterocycles. The smallest absolute Gasteiger partial charge is 0.417 e. The highest BCUT2D eigenvalue weighted by Gasteiger charge is 2.32. The molecule has 1 amide bonds. The maximum atomic E-state index is 12.8. The topological polar surface area (TPSA) is 55.6 Å². The number of nitrogens with one attached hydrogen (secondary N) is 1. The molecule has 5 nitrogen and oxygen atoms in total. The lowest BCUT2D eigenvalue weighted by molar-refractivity contribution is -0.137. The average Bonchev–Trinajstić information content (AvgIpc) is 2.72. The summed E-state index contributed by atoms with van der Waals surface area (Å²) >= 11 is 0. The molecule has 8 heteroatoms. The van der Waals surface area contributed by atoms with Gasteiger partial charge in [-0.15, -0.1) is 0 Å². The fourth-order valence-electron chi connectivity index (χ4n) is 1.70. The van der Waals surface area contributed by atoms with E-state index in [0.717, 1.165) is 12.3 Å². The van der Waals surface area contributed by atoms with Crippen molar-refractivity contribution >= 4 is 17.3 Å². The minimum absolute atomic E-state index is 0.0171. The molecule has 0 spiro atoms. The van der Waals surface area contributed by atoms with Crippen molar-refractivity contribution in [2.24, 2.45) is 0 Å². The van der Waals surface area contributed by atoms with Crippen molar-refractivity contribution in [1.82, 2.24) is 9.38 Å². The monoisotopic (exact) mass is 301 g/mol. The third-order valence-electron chi connectivity index (χ3n) is 2.48. The lowest BCUT2D eigenvalue weighted by atomic mass is 10.2. The Bertz CT molecular complexity index is 671. The zero-order chi connectivity index (χ0) is 15.8. The van der Waals surface area contributed by atoms with Gasteiger partial charge in [-0.05, 0) is 26.8 Å². The summed E-state index contributed by atoms with van der Waals surface area (Å²) in [5.41, 5.74) is -1.31. The van der Waals surface area contributed by atoms with Gasteiger partial charge >= 0.3 is 12.3 Å². The van der Waals surface area contributed by atoms with Gasteiger partial charge in [0.2, 0.25) is 0 Å². The number of carbonyl (C=O) groups is 1. The zero-order valence-electron chi connectivity index (χ0n) is 11.7. The number of pyridine rings is 1. The number of alkyl halides is 3. The highest BCUT2D eigenvalue weighted by atomic mass is 19.4. The number of halogens is 3. The van der Waals surface area contributed by atoms with Crippen LogP contribution in [0.15, 0.2) is 24.8 Å².